The van der Waals surface area contributed by atoms with Gasteiger partial charge in [0.15, 0.2) is 11.0 Å². The fourth-order valence-electron chi connectivity index (χ4n) is 2.44. The molecule has 1 aromatic heterocycles. The van der Waals surface area contributed by atoms with Gasteiger partial charge in [-0.3, -0.25) is 4.79 Å². The van der Waals surface area contributed by atoms with Crippen LogP contribution in [0.1, 0.15) is 37.9 Å². The molecule has 1 heterocycles. The first-order valence-corrected chi connectivity index (χ1v) is 8.18. The monoisotopic (exact) mass is 315 g/mol. The van der Waals surface area contributed by atoms with Gasteiger partial charge in [0.1, 0.15) is 6.61 Å². The number of rotatable bonds is 8. The third kappa shape index (κ3) is 4.98. The second kappa shape index (κ2) is 8.35. The number of hydrogen-bond acceptors (Lipinski definition) is 6. The fourth-order valence-corrected chi connectivity index (χ4v) is 3.14. The molecule has 0 atom stereocenters. The van der Waals surface area contributed by atoms with Crippen LogP contribution in [-0.2, 0) is 22.7 Å². The van der Waals surface area contributed by atoms with Crippen LogP contribution >= 0.6 is 11.8 Å². The Morgan fingerprint density at radius 2 is 2.10 bits per heavy atom. The van der Waals surface area contributed by atoms with Crippen molar-refractivity contribution >= 4 is 17.7 Å². The molecule has 0 radical (unpaired) electrons. The van der Waals surface area contributed by atoms with Gasteiger partial charge in [-0.05, 0) is 12.8 Å². The number of aliphatic carboxylic acids is 1. The average Bonchev–Trinajstić information content (AvgIpc) is 2.88. The third-order valence-electron chi connectivity index (χ3n) is 3.48. The van der Waals surface area contributed by atoms with E-state index >= 15 is 0 Å². The lowest BCUT2D eigenvalue weighted by Crippen LogP contribution is -2.20. The largest absolute Gasteiger partial charge is 0.481 e. The number of ether oxygens (including phenoxy) is 1. The van der Waals surface area contributed by atoms with Crippen LogP contribution < -0.4 is 0 Å². The average molecular weight is 315 g/mol. The Labute approximate surface area is 127 Å². The van der Waals surface area contributed by atoms with E-state index in [1.165, 1.54) is 19.3 Å². The van der Waals surface area contributed by atoms with Gasteiger partial charge in [0.05, 0.1) is 18.5 Å². The molecule has 1 aliphatic carbocycles. The van der Waals surface area contributed by atoms with Crippen LogP contribution in [0.25, 0.3) is 0 Å². The standard InChI is InChI=1S/C13H21N3O4S/c17-8-11-14-15-13(21-9-12(18)19)16(11)6-7-20-10-4-2-1-3-5-10/h10,17H,1-9H2,(H,18,19). The zero-order valence-electron chi connectivity index (χ0n) is 11.9. The molecule has 2 N–H and O–H groups in total. The summed E-state index contributed by atoms with van der Waals surface area (Å²) in [5.41, 5.74) is 0. The van der Waals surface area contributed by atoms with Gasteiger partial charge in [0.25, 0.3) is 0 Å². The molecule has 0 spiro atoms. The summed E-state index contributed by atoms with van der Waals surface area (Å²) in [6.07, 6.45) is 6.27. The SMILES string of the molecule is O=C(O)CSc1nnc(CO)n1CCOC1CCCCC1. The molecule has 1 saturated carbocycles. The quantitative estimate of drug-likeness (QED) is 0.698. The van der Waals surface area contributed by atoms with Crippen LogP contribution in [0.3, 0.4) is 0 Å². The number of thioether (sulfide) groups is 1. The molecule has 7 nitrogen and oxygen atoms in total. The van der Waals surface area contributed by atoms with E-state index in [9.17, 15) is 9.90 Å². The van der Waals surface area contributed by atoms with Gasteiger partial charge < -0.3 is 19.5 Å². The lowest BCUT2D eigenvalue weighted by atomic mass is 9.98. The molecule has 118 valence electrons. The number of nitrogens with zero attached hydrogens (tertiary/aromatic N) is 3. The van der Waals surface area contributed by atoms with E-state index in [0.717, 1.165) is 24.6 Å². The smallest absolute Gasteiger partial charge is 0.313 e. The fraction of sp³-hybridized carbons (Fsp3) is 0.769. The number of aliphatic hydroxyl groups is 1. The Bertz CT molecular complexity index is 460. The highest BCUT2D eigenvalue weighted by atomic mass is 32.2. The summed E-state index contributed by atoms with van der Waals surface area (Å²) in [5, 5.41) is 26.3. The normalized spacial score (nSPS) is 16.2. The maximum absolute atomic E-state index is 10.6. The summed E-state index contributed by atoms with van der Waals surface area (Å²) in [7, 11) is 0. The highest BCUT2D eigenvalue weighted by Gasteiger charge is 2.16. The Morgan fingerprint density at radius 3 is 2.76 bits per heavy atom. The maximum Gasteiger partial charge on any atom is 0.313 e. The predicted molar refractivity (Wildman–Crippen MR) is 77.1 cm³/mol. The first-order valence-electron chi connectivity index (χ1n) is 7.20. The number of aromatic nitrogens is 3. The Hall–Kier alpha value is -1.12. The summed E-state index contributed by atoms with van der Waals surface area (Å²) in [6, 6.07) is 0. The predicted octanol–water partition coefficient (Wildman–Crippen LogP) is 1.30. The van der Waals surface area contributed by atoms with Crippen molar-refractivity contribution in [3.8, 4) is 0 Å². The molecule has 0 bridgehead atoms. The van der Waals surface area contributed by atoms with Crippen LogP contribution in [-0.4, -0.2) is 49.4 Å². The van der Waals surface area contributed by atoms with E-state index in [0.29, 0.717) is 30.2 Å². The van der Waals surface area contributed by atoms with E-state index in [1.54, 1.807) is 4.57 Å². The van der Waals surface area contributed by atoms with Crippen LogP contribution in [0, 0.1) is 0 Å². The Kier molecular flexibility index (Phi) is 6.47. The third-order valence-corrected chi connectivity index (χ3v) is 4.43. The minimum absolute atomic E-state index is 0.0763. The van der Waals surface area contributed by atoms with Crippen molar-refractivity contribution in [1.29, 1.82) is 0 Å². The highest BCUT2D eigenvalue weighted by molar-refractivity contribution is 7.99. The molecule has 0 amide bonds. The summed E-state index contributed by atoms with van der Waals surface area (Å²) >= 11 is 1.10. The second-order valence-corrected chi connectivity index (χ2v) is 5.96. The molecular formula is C13H21N3O4S. The van der Waals surface area contributed by atoms with Crippen LogP contribution in [0.5, 0.6) is 0 Å². The van der Waals surface area contributed by atoms with Crippen LogP contribution in [0.4, 0.5) is 0 Å². The molecular weight excluding hydrogens is 294 g/mol. The van der Waals surface area contributed by atoms with Crippen molar-refractivity contribution in [2.75, 3.05) is 12.4 Å². The van der Waals surface area contributed by atoms with Crippen LogP contribution in [0.15, 0.2) is 5.16 Å². The lowest BCUT2D eigenvalue weighted by molar-refractivity contribution is -0.133. The number of carbonyl (C=O) groups is 1. The summed E-state index contributed by atoms with van der Waals surface area (Å²) in [4.78, 5) is 10.6. The zero-order chi connectivity index (χ0) is 15.1. The molecule has 8 heteroatoms. The molecule has 1 aromatic rings. The second-order valence-electron chi connectivity index (χ2n) is 5.02. The van der Waals surface area contributed by atoms with E-state index in [4.69, 9.17) is 9.84 Å². The minimum Gasteiger partial charge on any atom is -0.481 e. The molecule has 1 aliphatic rings. The van der Waals surface area contributed by atoms with E-state index in [2.05, 4.69) is 10.2 Å². The van der Waals surface area contributed by atoms with Crippen LogP contribution in [0.2, 0.25) is 0 Å². The summed E-state index contributed by atoms with van der Waals surface area (Å²) < 4.78 is 7.59. The number of carboxylic acids is 1. The summed E-state index contributed by atoms with van der Waals surface area (Å²) in [5.74, 6) is -0.541. The molecule has 2 rings (SSSR count). The molecule has 21 heavy (non-hydrogen) atoms. The molecule has 0 saturated heterocycles. The van der Waals surface area contributed by atoms with E-state index in [1.807, 2.05) is 0 Å². The molecule has 0 aliphatic heterocycles. The van der Waals surface area contributed by atoms with Crippen molar-refractivity contribution in [3.05, 3.63) is 5.82 Å². The Morgan fingerprint density at radius 1 is 1.33 bits per heavy atom. The van der Waals surface area contributed by atoms with Gasteiger partial charge in [-0.15, -0.1) is 10.2 Å². The van der Waals surface area contributed by atoms with Gasteiger partial charge in [-0.2, -0.15) is 0 Å². The molecule has 0 aromatic carbocycles. The van der Waals surface area contributed by atoms with Gasteiger partial charge >= 0.3 is 5.97 Å². The summed E-state index contributed by atoms with van der Waals surface area (Å²) in [6.45, 7) is 0.835. The van der Waals surface area contributed by atoms with Crippen molar-refractivity contribution in [1.82, 2.24) is 14.8 Å². The van der Waals surface area contributed by atoms with Gasteiger partial charge in [-0.25, -0.2) is 0 Å². The van der Waals surface area contributed by atoms with Crippen molar-refractivity contribution < 1.29 is 19.7 Å². The zero-order valence-corrected chi connectivity index (χ0v) is 12.7. The van der Waals surface area contributed by atoms with Gasteiger partial charge in [0, 0.05) is 6.54 Å². The van der Waals surface area contributed by atoms with Crippen molar-refractivity contribution in [2.24, 2.45) is 0 Å². The molecule has 1 fully saturated rings. The number of carboxylic acid groups (broad SMARTS) is 1. The van der Waals surface area contributed by atoms with Gasteiger partial charge in [0.2, 0.25) is 0 Å². The highest BCUT2D eigenvalue weighted by Crippen LogP contribution is 2.21. The number of aliphatic hydroxyl groups excluding tert-OH is 1. The number of hydrogen-bond donors (Lipinski definition) is 2. The minimum atomic E-state index is -0.904. The Balaban J connectivity index is 1.87. The first kappa shape index (κ1) is 16.3. The van der Waals surface area contributed by atoms with Gasteiger partial charge in [-0.1, -0.05) is 31.0 Å². The van der Waals surface area contributed by atoms with Crippen molar-refractivity contribution in [2.45, 2.75) is 56.5 Å². The lowest BCUT2D eigenvalue weighted by Gasteiger charge is -2.22. The first-order chi connectivity index (χ1) is 10.2. The van der Waals surface area contributed by atoms with E-state index in [-0.39, 0.29) is 12.4 Å². The molecule has 0 unspecified atom stereocenters. The maximum atomic E-state index is 10.6. The van der Waals surface area contributed by atoms with E-state index < -0.39 is 5.97 Å². The van der Waals surface area contributed by atoms with Crippen molar-refractivity contribution in [3.63, 3.8) is 0 Å². The topological polar surface area (TPSA) is 97.5 Å².